The molecule has 1 saturated heterocycles. The van der Waals surface area contributed by atoms with Crippen LogP contribution in [-0.4, -0.2) is 71.9 Å². The Hall–Kier alpha value is -1.62. The van der Waals surface area contributed by atoms with E-state index in [-0.39, 0.29) is 15.6 Å². The van der Waals surface area contributed by atoms with Gasteiger partial charge in [0, 0.05) is 15.4 Å². The summed E-state index contributed by atoms with van der Waals surface area (Å²) < 4.78 is 128. The van der Waals surface area contributed by atoms with Crippen molar-refractivity contribution in [2.24, 2.45) is 23.7 Å². The summed E-state index contributed by atoms with van der Waals surface area (Å²) in [6.07, 6.45) is -16.0. The molecule has 39 heavy (non-hydrogen) atoms. The van der Waals surface area contributed by atoms with Crippen LogP contribution in [0.1, 0.15) is 16.8 Å². The van der Waals surface area contributed by atoms with E-state index in [1.165, 1.54) is 12.1 Å². The number of ether oxygens (including phenoxy) is 3. The number of phenolic OH excluding ortho intramolecular Hbond substituents is 1. The highest BCUT2D eigenvalue weighted by Gasteiger charge is 2.77. The Morgan fingerprint density at radius 3 is 2.21 bits per heavy atom. The van der Waals surface area contributed by atoms with Crippen molar-refractivity contribution < 1.29 is 73.0 Å². The van der Waals surface area contributed by atoms with Crippen LogP contribution in [0, 0.1) is 30.8 Å². The molecule has 10 nitrogen and oxygen atoms in total. The van der Waals surface area contributed by atoms with Gasteiger partial charge in [-0.25, -0.2) is 4.79 Å². The molecule has 1 aliphatic heterocycles. The van der Waals surface area contributed by atoms with E-state index in [0.717, 1.165) is 0 Å². The lowest BCUT2D eigenvalue weighted by Crippen LogP contribution is -2.64. The third-order valence-corrected chi connectivity index (χ3v) is 9.10. The van der Waals surface area contributed by atoms with Crippen molar-refractivity contribution in [2.45, 2.75) is 36.6 Å². The third-order valence-electron chi connectivity index (χ3n) is 6.89. The molecule has 0 aromatic heterocycles. The summed E-state index contributed by atoms with van der Waals surface area (Å²) in [5, 5.41) is 10.2. The highest BCUT2D eigenvalue weighted by Crippen LogP contribution is 2.60. The number of rotatable bonds is 6. The fourth-order valence-electron chi connectivity index (χ4n) is 5.34. The molecule has 3 fully saturated rings. The Morgan fingerprint density at radius 1 is 1.08 bits per heavy atom. The maximum atomic E-state index is 13.7. The normalized spacial score (nSPS) is 28.4. The predicted molar refractivity (Wildman–Crippen MR) is 129 cm³/mol. The van der Waals surface area contributed by atoms with Crippen molar-refractivity contribution in [3.05, 3.63) is 24.8 Å². The van der Waals surface area contributed by atoms with Gasteiger partial charge >= 0.3 is 35.9 Å². The van der Waals surface area contributed by atoms with Gasteiger partial charge in [-0.1, -0.05) is 0 Å². The monoisotopic (exact) mass is 814 g/mol. The third kappa shape index (κ3) is 5.15. The van der Waals surface area contributed by atoms with Crippen LogP contribution >= 0.6 is 45.2 Å². The highest BCUT2D eigenvalue weighted by molar-refractivity contribution is 14.1. The van der Waals surface area contributed by atoms with E-state index >= 15 is 0 Å². The summed E-state index contributed by atoms with van der Waals surface area (Å²) in [6.45, 7) is 0. The molecule has 1 aromatic carbocycles. The van der Waals surface area contributed by atoms with Gasteiger partial charge in [0.2, 0.25) is 0 Å². The molecule has 1 aromatic rings. The van der Waals surface area contributed by atoms with Gasteiger partial charge in [0.25, 0.3) is 10.1 Å². The number of fused-ring (bicyclic) bond motifs is 1. The van der Waals surface area contributed by atoms with Gasteiger partial charge in [-0.15, -0.1) is 0 Å². The summed E-state index contributed by atoms with van der Waals surface area (Å²) >= 11 is 3.55. The van der Waals surface area contributed by atoms with Crippen molar-refractivity contribution in [2.75, 3.05) is 5.75 Å². The van der Waals surface area contributed by atoms with Crippen LogP contribution < -0.4 is 0 Å². The van der Waals surface area contributed by atoms with E-state index in [1.54, 1.807) is 22.6 Å². The minimum absolute atomic E-state index is 0.183. The molecule has 2 N–H and O–H groups in total. The van der Waals surface area contributed by atoms with Crippen molar-refractivity contribution in [1.29, 1.82) is 0 Å². The fourth-order valence-corrected chi connectivity index (χ4v) is 8.09. The van der Waals surface area contributed by atoms with Crippen LogP contribution in [0.5, 0.6) is 5.75 Å². The number of benzene rings is 1. The van der Waals surface area contributed by atoms with E-state index in [0.29, 0.717) is 3.57 Å². The summed E-state index contributed by atoms with van der Waals surface area (Å²) in [5.74, 6) is -14.0. The first-order chi connectivity index (χ1) is 17.7. The van der Waals surface area contributed by atoms with Gasteiger partial charge in [-0.05, 0) is 63.7 Å². The lowest BCUT2D eigenvalue weighted by molar-refractivity contribution is -0.362. The average molecular weight is 814 g/mol. The van der Waals surface area contributed by atoms with Crippen LogP contribution in [0.2, 0.25) is 0 Å². The van der Waals surface area contributed by atoms with Crippen LogP contribution in [0.15, 0.2) is 12.1 Å². The zero-order valence-corrected chi connectivity index (χ0v) is 23.8. The molecule has 0 amide bonds. The lowest BCUT2D eigenvalue weighted by atomic mass is 9.78. The van der Waals surface area contributed by atoms with Gasteiger partial charge in [0.05, 0.1) is 15.4 Å². The molecule has 2 aliphatic carbocycles. The molecule has 2 bridgehead atoms. The van der Waals surface area contributed by atoms with Crippen LogP contribution in [0.4, 0.5) is 26.3 Å². The van der Waals surface area contributed by atoms with Gasteiger partial charge in [0.1, 0.15) is 29.3 Å². The minimum atomic E-state index is -6.56. The minimum Gasteiger partial charge on any atom is -0.506 e. The van der Waals surface area contributed by atoms with Crippen molar-refractivity contribution in [1.82, 2.24) is 0 Å². The number of phenols is 1. The maximum absolute atomic E-state index is 13.7. The SMILES string of the molecule is O=C(OC1C2CC3C1OC(=O)C3C2C(=O)OC(CS(=O)(=O)O)(C(F)(F)F)C(F)(F)F)c1cc(I)cc(I)c1O. The Labute approximate surface area is 241 Å². The Morgan fingerprint density at radius 2 is 1.67 bits per heavy atom. The standard InChI is InChI=1S/C20H14F6I2O10S/c21-19(22,23)18(20(24,25)26,4-39(33,34)35)38-17(32)11-7-3-6-10(11)16(31)37-14(6)13(7)36-15(30)8-1-5(27)2-9(28)12(8)29/h1-2,6-7,10-11,13-14,29H,3-4H2,(H,33,34,35). The number of aromatic hydroxyl groups is 1. The number of alkyl halides is 6. The van der Waals surface area contributed by atoms with Crippen LogP contribution in [0.25, 0.3) is 0 Å². The Kier molecular flexibility index (Phi) is 7.58. The molecule has 1 heterocycles. The molecular formula is C20H14F6I2O10S. The van der Waals surface area contributed by atoms with Crippen LogP contribution in [0.3, 0.4) is 0 Å². The molecule has 19 heteroatoms. The molecule has 6 atom stereocenters. The average Bonchev–Trinajstić information content (AvgIpc) is 3.36. The summed E-state index contributed by atoms with van der Waals surface area (Å²) in [7, 11) is -6.02. The second-order valence-corrected chi connectivity index (χ2v) is 13.0. The molecule has 216 valence electrons. The van der Waals surface area contributed by atoms with E-state index < -0.39 is 93.4 Å². The van der Waals surface area contributed by atoms with Gasteiger partial charge in [-0.3, -0.25) is 14.1 Å². The smallest absolute Gasteiger partial charge is 0.438 e. The first-order valence-corrected chi connectivity index (χ1v) is 14.4. The number of hydrogen-bond acceptors (Lipinski definition) is 9. The van der Waals surface area contributed by atoms with E-state index in [9.17, 15) is 54.3 Å². The summed E-state index contributed by atoms with van der Waals surface area (Å²) in [5.41, 5.74) is -6.00. The molecule has 4 rings (SSSR count). The molecular weight excluding hydrogens is 800 g/mol. The molecule has 0 spiro atoms. The molecule has 3 aliphatic rings. The lowest BCUT2D eigenvalue weighted by Gasteiger charge is -2.38. The topological polar surface area (TPSA) is 153 Å². The van der Waals surface area contributed by atoms with E-state index in [2.05, 4.69) is 4.74 Å². The van der Waals surface area contributed by atoms with Crippen molar-refractivity contribution in [3.63, 3.8) is 0 Å². The zero-order valence-electron chi connectivity index (χ0n) is 18.6. The quantitative estimate of drug-likeness (QED) is 0.144. The van der Waals surface area contributed by atoms with Gasteiger partial charge in [-0.2, -0.15) is 34.8 Å². The Balaban J connectivity index is 1.68. The predicted octanol–water partition coefficient (Wildman–Crippen LogP) is 3.23. The number of carbonyl (C=O) groups excluding carboxylic acids is 3. The van der Waals surface area contributed by atoms with Crippen molar-refractivity contribution in [3.8, 4) is 5.75 Å². The Bertz CT molecular complexity index is 1330. The largest absolute Gasteiger partial charge is 0.506 e. The number of esters is 3. The van der Waals surface area contributed by atoms with Gasteiger partial charge in [0.15, 0.2) is 0 Å². The second-order valence-electron chi connectivity index (χ2n) is 9.14. The first kappa shape index (κ1) is 30.3. The summed E-state index contributed by atoms with van der Waals surface area (Å²) in [4.78, 5) is 38.2. The molecule has 2 saturated carbocycles. The first-order valence-electron chi connectivity index (χ1n) is 10.6. The van der Waals surface area contributed by atoms with E-state index in [1.807, 2.05) is 22.6 Å². The maximum Gasteiger partial charge on any atom is 0.438 e. The van der Waals surface area contributed by atoms with Gasteiger partial charge < -0.3 is 19.3 Å². The molecule has 6 unspecified atom stereocenters. The number of carbonyl (C=O) groups is 3. The zero-order chi connectivity index (χ0) is 29.5. The molecule has 0 radical (unpaired) electrons. The fraction of sp³-hybridized carbons (Fsp3) is 0.550. The van der Waals surface area contributed by atoms with Crippen molar-refractivity contribution >= 4 is 73.2 Å². The van der Waals surface area contributed by atoms with E-state index in [4.69, 9.17) is 14.0 Å². The second kappa shape index (κ2) is 9.74. The summed E-state index contributed by atoms with van der Waals surface area (Å²) in [6, 6.07) is 2.75. The number of hydrogen-bond donors (Lipinski definition) is 2. The highest BCUT2D eigenvalue weighted by atomic mass is 127. The van der Waals surface area contributed by atoms with Crippen LogP contribution in [-0.2, 0) is 33.9 Å². The number of halogens is 8.